The number of aromatic amines is 2. The van der Waals surface area contributed by atoms with Gasteiger partial charge in [0.05, 0.1) is 18.0 Å². The van der Waals surface area contributed by atoms with E-state index in [1.165, 1.54) is 115 Å². The second-order valence-corrected chi connectivity index (χ2v) is 11.3. The summed E-state index contributed by atoms with van der Waals surface area (Å²) in [4.78, 5) is 11.8. The van der Waals surface area contributed by atoms with Gasteiger partial charge in [-0.05, 0) is 49.6 Å². The number of nitrogens with zero attached hydrogens (tertiary/aromatic N) is 1. The van der Waals surface area contributed by atoms with Gasteiger partial charge in [0, 0.05) is 23.7 Å². The Labute approximate surface area is 238 Å². The van der Waals surface area contributed by atoms with Gasteiger partial charge in [0.1, 0.15) is 11.5 Å². The summed E-state index contributed by atoms with van der Waals surface area (Å²) in [6, 6.07) is 8.48. The molecule has 0 aliphatic carbocycles. The molecule has 0 unspecified atom stereocenters. The van der Waals surface area contributed by atoms with Gasteiger partial charge in [-0.15, -0.1) is 0 Å². The number of rotatable bonds is 23. The predicted octanol–water partition coefficient (Wildman–Crippen LogP) is 10.7. The summed E-state index contributed by atoms with van der Waals surface area (Å²) in [5, 5.41) is 0. The van der Waals surface area contributed by atoms with E-state index in [2.05, 4.69) is 54.2 Å². The molecule has 4 heteroatoms. The number of aliphatic imine (C=N–C) groups is 1. The molecule has 2 aromatic rings. The first kappa shape index (κ1) is 31.0. The lowest BCUT2D eigenvalue weighted by atomic mass is 10.1. The number of H-pyrrole nitrogens is 2. The summed E-state index contributed by atoms with van der Waals surface area (Å²) >= 11 is 0. The monoisotopic (exact) mass is 533 g/mol. The van der Waals surface area contributed by atoms with Gasteiger partial charge < -0.3 is 14.7 Å². The van der Waals surface area contributed by atoms with Crippen LogP contribution in [0.15, 0.2) is 53.0 Å². The number of aromatic nitrogens is 2. The van der Waals surface area contributed by atoms with Crippen molar-refractivity contribution in [2.75, 3.05) is 6.61 Å². The molecule has 0 saturated carbocycles. The van der Waals surface area contributed by atoms with Gasteiger partial charge in [0.2, 0.25) is 0 Å². The summed E-state index contributed by atoms with van der Waals surface area (Å²) in [5.74, 6) is 0.884. The zero-order valence-corrected chi connectivity index (χ0v) is 25.0. The predicted molar refractivity (Wildman–Crippen MR) is 168 cm³/mol. The van der Waals surface area contributed by atoms with E-state index in [9.17, 15) is 0 Å². The molecule has 0 amide bonds. The Hall–Kier alpha value is -2.49. The Balaban J connectivity index is 1.42. The van der Waals surface area contributed by atoms with E-state index in [0.29, 0.717) is 0 Å². The number of unbranched alkanes of at least 4 members (excludes halogenated alkanes) is 16. The lowest BCUT2D eigenvalue weighted by molar-refractivity contribution is 0.214. The standard InChI is InChI=1S/C35H55N3O/c1-3-5-7-9-11-13-15-17-19-22-30-24-25-31(37-30)28-34-35(29-33(38-34)32-23-21-26-36-32)39-27-20-18-16-14-12-10-8-6-4-2/h21,23-26,28-29,36-37H,3-20,22,27H2,1-2H3/b34-28-. The summed E-state index contributed by atoms with van der Waals surface area (Å²) in [6.07, 6.45) is 31.5. The highest BCUT2D eigenvalue weighted by atomic mass is 16.5. The third kappa shape index (κ3) is 12.5. The average Bonchev–Trinajstić information content (AvgIpc) is 3.71. The van der Waals surface area contributed by atoms with Gasteiger partial charge in [-0.2, -0.15) is 0 Å². The van der Waals surface area contributed by atoms with Crippen LogP contribution in [0.5, 0.6) is 0 Å². The SMILES string of the molecule is CCCCCCCCCCCOC1=CC(c2ccc[nH]2)=N/C1=C\c1ccc(CCCCCCCCCCC)[nH]1. The average molecular weight is 534 g/mol. The molecule has 1 aliphatic heterocycles. The molecule has 0 atom stereocenters. The molecule has 4 nitrogen and oxygen atoms in total. The summed E-state index contributed by atoms with van der Waals surface area (Å²) in [7, 11) is 0. The lowest BCUT2D eigenvalue weighted by Crippen LogP contribution is -1.97. The highest BCUT2D eigenvalue weighted by Gasteiger charge is 2.18. The molecule has 0 aromatic carbocycles. The number of hydrogen-bond donors (Lipinski definition) is 2. The second-order valence-electron chi connectivity index (χ2n) is 11.3. The minimum atomic E-state index is 0.751. The maximum Gasteiger partial charge on any atom is 0.147 e. The highest BCUT2D eigenvalue weighted by Crippen LogP contribution is 2.26. The zero-order valence-electron chi connectivity index (χ0n) is 25.0. The highest BCUT2D eigenvalue weighted by molar-refractivity contribution is 6.11. The second kappa shape index (κ2) is 19.6. The van der Waals surface area contributed by atoms with E-state index in [4.69, 9.17) is 9.73 Å². The van der Waals surface area contributed by atoms with Crippen molar-refractivity contribution < 1.29 is 4.74 Å². The molecular weight excluding hydrogens is 478 g/mol. The summed E-state index contributed by atoms with van der Waals surface area (Å²) in [5.41, 5.74) is 5.30. The van der Waals surface area contributed by atoms with Gasteiger partial charge in [0.15, 0.2) is 0 Å². The minimum absolute atomic E-state index is 0.751. The first-order valence-corrected chi connectivity index (χ1v) is 16.3. The van der Waals surface area contributed by atoms with E-state index in [1.807, 2.05) is 12.3 Å². The number of allylic oxidation sites excluding steroid dienone is 1. The molecule has 0 saturated heterocycles. The molecule has 3 rings (SSSR count). The van der Waals surface area contributed by atoms with Crippen LogP contribution in [0, 0.1) is 0 Å². The Bertz CT molecular complexity index is 979. The fourth-order valence-corrected chi connectivity index (χ4v) is 5.32. The van der Waals surface area contributed by atoms with Gasteiger partial charge in [0.25, 0.3) is 0 Å². The van der Waals surface area contributed by atoms with Crippen molar-refractivity contribution in [1.82, 2.24) is 9.97 Å². The zero-order chi connectivity index (χ0) is 27.4. The minimum Gasteiger partial charge on any atom is -0.491 e. The molecule has 1 aliphatic rings. The van der Waals surface area contributed by atoms with Crippen molar-refractivity contribution in [1.29, 1.82) is 0 Å². The van der Waals surface area contributed by atoms with E-state index in [0.717, 1.165) is 48.0 Å². The third-order valence-corrected chi connectivity index (χ3v) is 7.75. The quantitative estimate of drug-likeness (QED) is 0.137. The third-order valence-electron chi connectivity index (χ3n) is 7.75. The number of ether oxygens (including phenoxy) is 1. The van der Waals surface area contributed by atoms with Crippen LogP contribution in [0.25, 0.3) is 6.08 Å². The molecule has 0 spiro atoms. The van der Waals surface area contributed by atoms with E-state index in [1.54, 1.807) is 0 Å². The van der Waals surface area contributed by atoms with Crippen molar-refractivity contribution in [2.45, 2.75) is 136 Å². The molecule has 0 radical (unpaired) electrons. The van der Waals surface area contributed by atoms with Crippen molar-refractivity contribution in [3.05, 3.63) is 65.1 Å². The van der Waals surface area contributed by atoms with E-state index >= 15 is 0 Å². The number of nitrogens with one attached hydrogen (secondary N) is 2. The normalized spacial score (nSPS) is 14.3. The van der Waals surface area contributed by atoms with Gasteiger partial charge in [-0.1, -0.05) is 117 Å². The Kier molecular flexibility index (Phi) is 15.6. The topological polar surface area (TPSA) is 53.2 Å². The first-order chi connectivity index (χ1) is 19.3. The Morgan fingerprint density at radius 3 is 1.95 bits per heavy atom. The molecule has 39 heavy (non-hydrogen) atoms. The lowest BCUT2D eigenvalue weighted by Gasteiger charge is -2.08. The van der Waals surface area contributed by atoms with Gasteiger partial charge >= 0.3 is 0 Å². The van der Waals surface area contributed by atoms with Crippen molar-refractivity contribution in [3.63, 3.8) is 0 Å². The fraction of sp³-hybridized carbons (Fsp3) is 0.629. The van der Waals surface area contributed by atoms with Crippen LogP contribution in [-0.4, -0.2) is 22.3 Å². The Morgan fingerprint density at radius 2 is 1.33 bits per heavy atom. The van der Waals surface area contributed by atoms with Crippen LogP contribution in [0.4, 0.5) is 0 Å². The van der Waals surface area contributed by atoms with E-state index in [-0.39, 0.29) is 0 Å². The van der Waals surface area contributed by atoms with Crippen molar-refractivity contribution in [2.24, 2.45) is 4.99 Å². The number of hydrogen-bond acceptors (Lipinski definition) is 2. The molecule has 2 aromatic heterocycles. The summed E-state index contributed by atoms with van der Waals surface area (Å²) in [6.45, 7) is 5.31. The number of aryl methyl sites for hydroxylation is 1. The van der Waals surface area contributed by atoms with E-state index < -0.39 is 0 Å². The molecule has 0 fully saturated rings. The van der Waals surface area contributed by atoms with Crippen molar-refractivity contribution in [3.8, 4) is 0 Å². The molecular formula is C35H55N3O. The molecule has 0 bridgehead atoms. The van der Waals surface area contributed by atoms with Crippen LogP contribution >= 0.6 is 0 Å². The first-order valence-electron chi connectivity index (χ1n) is 16.3. The van der Waals surface area contributed by atoms with Crippen LogP contribution in [0.2, 0.25) is 0 Å². The van der Waals surface area contributed by atoms with Crippen LogP contribution < -0.4 is 0 Å². The summed E-state index contributed by atoms with van der Waals surface area (Å²) < 4.78 is 6.27. The van der Waals surface area contributed by atoms with Crippen LogP contribution in [0.3, 0.4) is 0 Å². The maximum atomic E-state index is 6.27. The van der Waals surface area contributed by atoms with Gasteiger partial charge in [-0.3, -0.25) is 0 Å². The molecule has 3 heterocycles. The largest absolute Gasteiger partial charge is 0.491 e. The Morgan fingerprint density at radius 1 is 0.718 bits per heavy atom. The van der Waals surface area contributed by atoms with Crippen molar-refractivity contribution >= 4 is 11.8 Å². The maximum absolute atomic E-state index is 6.27. The fourth-order valence-electron chi connectivity index (χ4n) is 5.32. The smallest absolute Gasteiger partial charge is 0.147 e. The van der Waals surface area contributed by atoms with Crippen LogP contribution in [0.1, 0.15) is 147 Å². The van der Waals surface area contributed by atoms with Crippen LogP contribution in [-0.2, 0) is 11.2 Å². The molecule has 216 valence electrons. The molecule has 2 N–H and O–H groups in total. The van der Waals surface area contributed by atoms with Gasteiger partial charge in [-0.25, -0.2) is 4.99 Å².